The molecule has 1 aliphatic rings. The molecule has 6 nitrogen and oxygen atoms in total. The maximum atomic E-state index is 12.7. The van der Waals surface area contributed by atoms with Gasteiger partial charge in [-0.1, -0.05) is 23.2 Å². The van der Waals surface area contributed by atoms with E-state index in [9.17, 15) is 13.2 Å². The molecule has 1 heterocycles. The summed E-state index contributed by atoms with van der Waals surface area (Å²) in [6.07, 6.45) is -0.353. The van der Waals surface area contributed by atoms with Crippen molar-refractivity contribution in [1.29, 1.82) is 0 Å². The van der Waals surface area contributed by atoms with Gasteiger partial charge in [-0.2, -0.15) is 4.31 Å². The quantitative estimate of drug-likeness (QED) is 0.749. The summed E-state index contributed by atoms with van der Waals surface area (Å²) in [7, 11) is -3.84. The largest absolute Gasteiger partial charge is 0.459 e. The number of rotatable bonds is 4. The Kier molecular flexibility index (Phi) is 5.91. The van der Waals surface area contributed by atoms with Gasteiger partial charge in [0.05, 0.1) is 34.9 Å². The van der Waals surface area contributed by atoms with Gasteiger partial charge in [0.2, 0.25) is 10.0 Å². The van der Waals surface area contributed by atoms with Gasteiger partial charge in [0.1, 0.15) is 4.90 Å². The molecule has 1 aliphatic heterocycles. The van der Waals surface area contributed by atoms with Gasteiger partial charge in [0, 0.05) is 13.1 Å². The second-order valence-electron chi connectivity index (χ2n) is 5.23. The molecule has 23 heavy (non-hydrogen) atoms. The smallest absolute Gasteiger partial charge is 0.339 e. The third-order valence-corrected chi connectivity index (χ3v) is 5.85. The van der Waals surface area contributed by atoms with Crippen LogP contribution in [0.25, 0.3) is 0 Å². The number of nitrogens with zero attached hydrogens (tertiary/aromatic N) is 1. The predicted molar refractivity (Wildman–Crippen MR) is 86.6 cm³/mol. The first kappa shape index (κ1) is 18.5. The first-order chi connectivity index (χ1) is 10.7. The van der Waals surface area contributed by atoms with Crippen LogP contribution in [0.4, 0.5) is 0 Å². The molecule has 0 aromatic heterocycles. The summed E-state index contributed by atoms with van der Waals surface area (Å²) in [5, 5.41) is 0.00386. The summed E-state index contributed by atoms with van der Waals surface area (Å²) >= 11 is 12.0. The molecule has 0 saturated carbocycles. The molecule has 0 N–H and O–H groups in total. The van der Waals surface area contributed by atoms with Crippen LogP contribution in [0.2, 0.25) is 10.0 Å². The Morgan fingerprint density at radius 3 is 2.39 bits per heavy atom. The van der Waals surface area contributed by atoms with Crippen molar-refractivity contribution >= 4 is 39.2 Å². The summed E-state index contributed by atoms with van der Waals surface area (Å²) in [4.78, 5) is 11.9. The molecule has 1 fully saturated rings. The van der Waals surface area contributed by atoms with Gasteiger partial charge in [-0.3, -0.25) is 0 Å². The number of sulfonamides is 1. The average Bonchev–Trinajstić information content (AvgIpc) is 2.47. The third kappa shape index (κ3) is 4.16. The molecule has 1 saturated heterocycles. The first-order valence-electron chi connectivity index (χ1n) is 7.01. The first-order valence-corrected chi connectivity index (χ1v) is 9.21. The molecular formula is C14H17Cl2NO5S. The van der Waals surface area contributed by atoms with Crippen LogP contribution in [0.15, 0.2) is 17.0 Å². The van der Waals surface area contributed by atoms with Gasteiger partial charge in [-0.05, 0) is 26.0 Å². The van der Waals surface area contributed by atoms with Crippen LogP contribution >= 0.6 is 23.2 Å². The fourth-order valence-corrected chi connectivity index (χ4v) is 4.32. The molecule has 128 valence electrons. The van der Waals surface area contributed by atoms with Gasteiger partial charge in [0.25, 0.3) is 0 Å². The maximum Gasteiger partial charge on any atom is 0.339 e. The number of carbonyl (C=O) groups is 1. The van der Waals surface area contributed by atoms with Crippen molar-refractivity contribution in [1.82, 2.24) is 4.31 Å². The fourth-order valence-electron chi connectivity index (χ4n) is 2.09. The zero-order valence-electron chi connectivity index (χ0n) is 12.7. The minimum atomic E-state index is -3.84. The fraction of sp³-hybridized carbons (Fsp3) is 0.500. The summed E-state index contributed by atoms with van der Waals surface area (Å²) in [5.74, 6) is -0.694. The molecule has 0 unspecified atom stereocenters. The van der Waals surface area contributed by atoms with Crippen LogP contribution in [0.3, 0.4) is 0 Å². The molecule has 0 bridgehead atoms. The predicted octanol–water partition coefficient (Wildman–Crippen LogP) is 2.58. The Balaban J connectivity index is 2.44. The molecule has 0 radical (unpaired) electrons. The summed E-state index contributed by atoms with van der Waals surface area (Å²) in [6, 6.07) is 2.41. The van der Waals surface area contributed by atoms with Crippen molar-refractivity contribution in [3.8, 4) is 0 Å². The van der Waals surface area contributed by atoms with Crippen LogP contribution in [-0.4, -0.2) is 51.1 Å². The van der Waals surface area contributed by atoms with E-state index in [2.05, 4.69) is 0 Å². The van der Waals surface area contributed by atoms with Gasteiger partial charge in [-0.15, -0.1) is 0 Å². The molecule has 9 heteroatoms. The monoisotopic (exact) mass is 381 g/mol. The standard InChI is InChI=1S/C14H17Cl2NO5S/c1-9(2)22-14(18)10-7-13(12(16)8-11(10)15)23(19,20)17-3-5-21-6-4-17/h7-9H,3-6H2,1-2H3. The summed E-state index contributed by atoms with van der Waals surface area (Å²) in [6.45, 7) is 4.46. The number of ether oxygens (including phenoxy) is 2. The SMILES string of the molecule is CC(C)OC(=O)c1cc(S(=O)(=O)N2CCOCC2)c(Cl)cc1Cl. The molecule has 2 rings (SSSR count). The normalized spacial score (nSPS) is 16.6. The van der Waals surface area contributed by atoms with E-state index in [1.54, 1.807) is 13.8 Å². The Bertz CT molecular complexity index is 699. The van der Waals surface area contributed by atoms with Gasteiger partial charge in [0.15, 0.2) is 0 Å². The highest BCUT2D eigenvalue weighted by Crippen LogP contribution is 2.31. The second-order valence-corrected chi connectivity index (χ2v) is 7.95. The Hall–Kier alpha value is -0.860. The number of benzene rings is 1. The zero-order valence-corrected chi connectivity index (χ0v) is 15.0. The zero-order chi connectivity index (χ0) is 17.2. The number of hydrogen-bond acceptors (Lipinski definition) is 5. The third-order valence-electron chi connectivity index (χ3n) is 3.17. The van der Waals surface area contributed by atoms with Gasteiger partial charge >= 0.3 is 5.97 Å². The van der Waals surface area contributed by atoms with E-state index in [1.165, 1.54) is 16.4 Å². The average molecular weight is 382 g/mol. The highest BCUT2D eigenvalue weighted by molar-refractivity contribution is 7.89. The maximum absolute atomic E-state index is 12.7. The van der Waals surface area contributed by atoms with Crippen LogP contribution in [0, 0.1) is 0 Å². The molecule has 0 amide bonds. The van der Waals surface area contributed by atoms with E-state index in [-0.39, 0.29) is 39.7 Å². The van der Waals surface area contributed by atoms with Crippen molar-refractivity contribution < 1.29 is 22.7 Å². The summed E-state index contributed by atoms with van der Waals surface area (Å²) < 4.78 is 36.9. The van der Waals surface area contributed by atoms with E-state index in [4.69, 9.17) is 32.7 Å². The van der Waals surface area contributed by atoms with Crippen LogP contribution < -0.4 is 0 Å². The number of morpholine rings is 1. The van der Waals surface area contributed by atoms with Crippen LogP contribution in [0.5, 0.6) is 0 Å². The molecule has 0 aliphatic carbocycles. The van der Waals surface area contributed by atoms with Gasteiger partial charge < -0.3 is 9.47 Å². The molecule has 1 aromatic rings. The number of halogens is 2. The lowest BCUT2D eigenvalue weighted by molar-refractivity contribution is 0.0378. The van der Waals surface area contributed by atoms with Crippen molar-refractivity contribution in [2.24, 2.45) is 0 Å². The Morgan fingerprint density at radius 1 is 1.22 bits per heavy atom. The minimum absolute atomic E-state index is 0.0309. The van der Waals surface area contributed by atoms with Crippen molar-refractivity contribution in [2.75, 3.05) is 26.3 Å². The number of carbonyl (C=O) groups excluding carboxylic acids is 1. The topological polar surface area (TPSA) is 72.9 Å². The lowest BCUT2D eigenvalue weighted by atomic mass is 10.2. The van der Waals surface area contributed by atoms with E-state index >= 15 is 0 Å². The van der Waals surface area contributed by atoms with Crippen LogP contribution in [-0.2, 0) is 19.5 Å². The van der Waals surface area contributed by atoms with Crippen molar-refractivity contribution in [3.05, 3.63) is 27.7 Å². The van der Waals surface area contributed by atoms with Crippen molar-refractivity contribution in [2.45, 2.75) is 24.8 Å². The molecule has 1 aromatic carbocycles. The summed E-state index contributed by atoms with van der Waals surface area (Å²) in [5.41, 5.74) is -0.0309. The van der Waals surface area contributed by atoms with Crippen LogP contribution in [0.1, 0.15) is 24.2 Å². The van der Waals surface area contributed by atoms with E-state index in [1.807, 2.05) is 0 Å². The second kappa shape index (κ2) is 7.36. The van der Waals surface area contributed by atoms with Gasteiger partial charge in [-0.25, -0.2) is 13.2 Å². The lowest BCUT2D eigenvalue weighted by Gasteiger charge is -2.26. The Morgan fingerprint density at radius 2 is 1.83 bits per heavy atom. The Labute approximate surface area is 145 Å². The van der Waals surface area contributed by atoms with Crippen molar-refractivity contribution in [3.63, 3.8) is 0 Å². The lowest BCUT2D eigenvalue weighted by Crippen LogP contribution is -2.40. The molecule has 0 atom stereocenters. The molecule has 0 spiro atoms. The highest BCUT2D eigenvalue weighted by Gasteiger charge is 2.30. The van der Waals surface area contributed by atoms with E-state index < -0.39 is 16.0 Å². The number of esters is 1. The molecular weight excluding hydrogens is 365 g/mol. The minimum Gasteiger partial charge on any atom is -0.459 e. The van der Waals surface area contributed by atoms with E-state index in [0.29, 0.717) is 13.2 Å². The van der Waals surface area contributed by atoms with E-state index in [0.717, 1.165) is 0 Å². The highest BCUT2D eigenvalue weighted by atomic mass is 35.5. The number of hydrogen-bond donors (Lipinski definition) is 0.